The van der Waals surface area contributed by atoms with Gasteiger partial charge in [-0.05, 0) is 18.2 Å². The van der Waals surface area contributed by atoms with Gasteiger partial charge in [0, 0.05) is 12.6 Å². The first-order valence-corrected chi connectivity index (χ1v) is 4.87. The van der Waals surface area contributed by atoms with E-state index >= 15 is 0 Å². The highest BCUT2D eigenvalue weighted by Gasteiger charge is 2.07. The largest absolute Gasteiger partial charge is 0.495 e. The Morgan fingerprint density at radius 2 is 1.88 bits per heavy atom. The Balaban J connectivity index is 2.95. The van der Waals surface area contributed by atoms with Gasteiger partial charge in [-0.1, -0.05) is 0 Å². The first-order valence-electron chi connectivity index (χ1n) is 4.87. The highest BCUT2D eigenvalue weighted by molar-refractivity contribution is 5.92. The summed E-state index contributed by atoms with van der Waals surface area (Å²) in [6.45, 7) is 1.39. The van der Waals surface area contributed by atoms with E-state index in [9.17, 15) is 9.59 Å². The Kier molecular flexibility index (Phi) is 4.33. The van der Waals surface area contributed by atoms with Crippen LogP contribution in [0.15, 0.2) is 18.2 Å². The maximum absolute atomic E-state index is 11.0. The number of nitrogens with one attached hydrogen (secondary N) is 2. The van der Waals surface area contributed by atoms with E-state index in [1.807, 2.05) is 0 Å². The number of methoxy groups -OCH3 is 2. The minimum absolute atomic E-state index is 0.224. The Morgan fingerprint density at radius 3 is 2.41 bits per heavy atom. The van der Waals surface area contributed by atoms with Gasteiger partial charge in [0.25, 0.3) is 0 Å². The van der Waals surface area contributed by atoms with Crippen molar-refractivity contribution in [2.75, 3.05) is 24.9 Å². The van der Waals surface area contributed by atoms with E-state index in [0.29, 0.717) is 17.1 Å². The van der Waals surface area contributed by atoms with Gasteiger partial charge in [-0.25, -0.2) is 4.79 Å². The van der Waals surface area contributed by atoms with Crippen LogP contribution in [0.3, 0.4) is 0 Å². The molecular weight excluding hydrogens is 224 g/mol. The number of hydrogen-bond donors (Lipinski definition) is 2. The van der Waals surface area contributed by atoms with Crippen LogP contribution in [0.5, 0.6) is 5.75 Å². The molecule has 0 radical (unpaired) electrons. The third kappa shape index (κ3) is 3.67. The number of carbonyl (C=O) groups is 2. The highest BCUT2D eigenvalue weighted by atomic mass is 16.5. The monoisotopic (exact) mass is 238 g/mol. The van der Waals surface area contributed by atoms with Gasteiger partial charge in [-0.3, -0.25) is 10.1 Å². The lowest BCUT2D eigenvalue weighted by atomic mass is 10.2. The van der Waals surface area contributed by atoms with Crippen molar-refractivity contribution < 1.29 is 19.1 Å². The number of amides is 2. The van der Waals surface area contributed by atoms with Gasteiger partial charge < -0.3 is 14.8 Å². The molecule has 0 saturated carbocycles. The van der Waals surface area contributed by atoms with E-state index in [4.69, 9.17) is 4.74 Å². The van der Waals surface area contributed by atoms with E-state index in [1.54, 1.807) is 18.2 Å². The molecule has 0 aliphatic heterocycles. The van der Waals surface area contributed by atoms with Gasteiger partial charge >= 0.3 is 6.09 Å². The van der Waals surface area contributed by atoms with Crippen molar-refractivity contribution in [3.05, 3.63) is 18.2 Å². The number of anilines is 2. The molecule has 0 atom stereocenters. The molecule has 0 saturated heterocycles. The molecule has 2 N–H and O–H groups in total. The summed E-state index contributed by atoms with van der Waals surface area (Å²) < 4.78 is 9.54. The van der Waals surface area contributed by atoms with E-state index < -0.39 is 6.09 Å². The zero-order chi connectivity index (χ0) is 12.8. The number of rotatable bonds is 3. The Bertz CT molecular complexity index is 431. The van der Waals surface area contributed by atoms with Crippen molar-refractivity contribution in [2.45, 2.75) is 6.92 Å². The summed E-state index contributed by atoms with van der Waals surface area (Å²) in [5.74, 6) is 0.286. The second-order valence-corrected chi connectivity index (χ2v) is 3.21. The molecule has 0 aliphatic rings. The van der Waals surface area contributed by atoms with Gasteiger partial charge in [0.15, 0.2) is 0 Å². The molecule has 0 spiro atoms. The van der Waals surface area contributed by atoms with Crippen LogP contribution in [0.1, 0.15) is 6.92 Å². The fourth-order valence-corrected chi connectivity index (χ4v) is 1.24. The minimum atomic E-state index is -0.580. The predicted octanol–water partition coefficient (Wildman–Crippen LogP) is 1.83. The molecule has 0 heterocycles. The Morgan fingerprint density at radius 1 is 1.18 bits per heavy atom. The van der Waals surface area contributed by atoms with Gasteiger partial charge in [0.1, 0.15) is 5.75 Å². The smallest absolute Gasteiger partial charge is 0.411 e. The average molecular weight is 238 g/mol. The molecule has 6 nitrogen and oxygen atoms in total. The standard InChI is InChI=1S/C11H14N2O4/c1-7(14)12-9-6-8(13-11(15)17-3)4-5-10(9)16-2/h4-6H,1-3H3,(H,12,14)(H,13,15). The Hall–Kier alpha value is -2.24. The topological polar surface area (TPSA) is 76.7 Å². The van der Waals surface area contributed by atoms with Crippen molar-refractivity contribution in [3.8, 4) is 5.75 Å². The summed E-state index contributed by atoms with van der Waals surface area (Å²) in [5, 5.41) is 5.09. The zero-order valence-electron chi connectivity index (χ0n) is 9.87. The van der Waals surface area contributed by atoms with Crippen LogP contribution in [-0.2, 0) is 9.53 Å². The predicted molar refractivity (Wildman–Crippen MR) is 63.3 cm³/mol. The van der Waals surface area contributed by atoms with E-state index in [0.717, 1.165) is 0 Å². The molecule has 0 unspecified atom stereocenters. The average Bonchev–Trinajstić information content (AvgIpc) is 2.28. The molecular formula is C11H14N2O4. The summed E-state index contributed by atoms with van der Waals surface area (Å²) in [6, 6.07) is 4.86. The normalized spacial score (nSPS) is 9.35. The van der Waals surface area contributed by atoms with E-state index in [-0.39, 0.29) is 5.91 Å². The van der Waals surface area contributed by atoms with Crippen LogP contribution in [0.4, 0.5) is 16.2 Å². The summed E-state index contributed by atoms with van der Waals surface area (Å²) in [7, 11) is 2.77. The lowest BCUT2D eigenvalue weighted by Gasteiger charge is -2.11. The number of hydrogen-bond acceptors (Lipinski definition) is 4. The number of carbonyl (C=O) groups excluding carboxylic acids is 2. The van der Waals surface area contributed by atoms with Crippen LogP contribution in [0, 0.1) is 0 Å². The van der Waals surface area contributed by atoms with Crippen LogP contribution < -0.4 is 15.4 Å². The fraction of sp³-hybridized carbons (Fsp3) is 0.273. The minimum Gasteiger partial charge on any atom is -0.495 e. The van der Waals surface area contributed by atoms with Crippen molar-refractivity contribution in [1.29, 1.82) is 0 Å². The summed E-state index contributed by atoms with van der Waals surface area (Å²) >= 11 is 0. The van der Waals surface area contributed by atoms with Crippen LogP contribution >= 0.6 is 0 Å². The van der Waals surface area contributed by atoms with Crippen LogP contribution in [0.2, 0.25) is 0 Å². The molecule has 0 bridgehead atoms. The van der Waals surface area contributed by atoms with Crippen molar-refractivity contribution in [3.63, 3.8) is 0 Å². The van der Waals surface area contributed by atoms with Gasteiger partial charge in [0.2, 0.25) is 5.91 Å². The zero-order valence-corrected chi connectivity index (χ0v) is 9.87. The molecule has 0 aromatic heterocycles. The summed E-state index contributed by atoms with van der Waals surface area (Å²) in [6.07, 6.45) is -0.580. The SMILES string of the molecule is COC(=O)Nc1ccc(OC)c(NC(C)=O)c1. The number of ether oxygens (including phenoxy) is 2. The quantitative estimate of drug-likeness (QED) is 0.842. The fourth-order valence-electron chi connectivity index (χ4n) is 1.24. The summed E-state index contributed by atoms with van der Waals surface area (Å²) in [4.78, 5) is 22.0. The molecule has 1 aromatic rings. The van der Waals surface area contributed by atoms with Crippen LogP contribution in [0.25, 0.3) is 0 Å². The lowest BCUT2D eigenvalue weighted by molar-refractivity contribution is -0.114. The van der Waals surface area contributed by atoms with Crippen molar-refractivity contribution in [1.82, 2.24) is 0 Å². The number of benzene rings is 1. The second kappa shape index (κ2) is 5.74. The van der Waals surface area contributed by atoms with E-state index in [1.165, 1.54) is 21.1 Å². The maximum Gasteiger partial charge on any atom is 0.411 e. The molecule has 6 heteroatoms. The molecule has 0 aliphatic carbocycles. The van der Waals surface area contributed by atoms with Crippen LogP contribution in [-0.4, -0.2) is 26.2 Å². The molecule has 17 heavy (non-hydrogen) atoms. The molecule has 1 rings (SSSR count). The lowest BCUT2D eigenvalue weighted by Crippen LogP contribution is -2.12. The van der Waals surface area contributed by atoms with Gasteiger partial charge in [-0.15, -0.1) is 0 Å². The highest BCUT2D eigenvalue weighted by Crippen LogP contribution is 2.27. The second-order valence-electron chi connectivity index (χ2n) is 3.21. The molecule has 2 amide bonds. The first-order chi connectivity index (χ1) is 8.06. The van der Waals surface area contributed by atoms with E-state index in [2.05, 4.69) is 15.4 Å². The summed E-state index contributed by atoms with van der Waals surface area (Å²) in [5.41, 5.74) is 0.982. The maximum atomic E-state index is 11.0. The molecule has 92 valence electrons. The van der Waals surface area contributed by atoms with Gasteiger partial charge in [0.05, 0.1) is 19.9 Å². The van der Waals surface area contributed by atoms with Crippen molar-refractivity contribution >= 4 is 23.4 Å². The molecule has 1 aromatic carbocycles. The first kappa shape index (κ1) is 12.8. The van der Waals surface area contributed by atoms with Gasteiger partial charge in [-0.2, -0.15) is 0 Å². The third-order valence-electron chi connectivity index (χ3n) is 1.94. The molecule has 0 fully saturated rings. The van der Waals surface area contributed by atoms with Crippen molar-refractivity contribution in [2.24, 2.45) is 0 Å². The third-order valence-corrected chi connectivity index (χ3v) is 1.94. The Labute approximate surface area is 98.9 Å².